The van der Waals surface area contributed by atoms with Crippen LogP contribution >= 0.6 is 0 Å². The maximum Gasteiger partial charge on any atom is 0.328 e. The summed E-state index contributed by atoms with van der Waals surface area (Å²) < 4.78 is 3.39. The fraction of sp³-hybridized carbons (Fsp3) is 0.128. The van der Waals surface area contributed by atoms with Gasteiger partial charge in [0.05, 0.1) is 11.0 Å². The highest BCUT2D eigenvalue weighted by atomic mass is 16.1. The smallest absolute Gasteiger partial charge is 0.295 e. The van der Waals surface area contributed by atoms with Gasteiger partial charge in [-0.1, -0.05) is 117 Å². The van der Waals surface area contributed by atoms with Crippen molar-refractivity contribution in [2.24, 2.45) is 14.1 Å². The summed E-state index contributed by atoms with van der Waals surface area (Å²) in [6.07, 6.45) is 0. The van der Waals surface area contributed by atoms with Gasteiger partial charge >= 0.3 is 5.69 Å². The lowest BCUT2D eigenvalue weighted by Crippen LogP contribution is -2.19. The van der Waals surface area contributed by atoms with Crippen LogP contribution in [0.5, 0.6) is 0 Å². The van der Waals surface area contributed by atoms with Gasteiger partial charge < -0.3 is 0 Å². The van der Waals surface area contributed by atoms with Crippen LogP contribution in [0.3, 0.4) is 0 Å². The molecule has 0 atom stereocenters. The summed E-state index contributed by atoms with van der Waals surface area (Å²) in [4.78, 5) is 27.6. The van der Waals surface area contributed by atoms with Crippen LogP contribution in [0.15, 0.2) is 120 Å². The molecule has 45 heavy (non-hydrogen) atoms. The molecule has 7 aromatic rings. The van der Waals surface area contributed by atoms with E-state index in [1.54, 1.807) is 16.2 Å². The lowest BCUT2D eigenvalue weighted by molar-refractivity contribution is 0.660. The zero-order chi connectivity index (χ0) is 30.9. The van der Waals surface area contributed by atoms with Gasteiger partial charge in [-0.05, 0) is 39.9 Å². The Hall–Kier alpha value is -5.62. The molecule has 218 valence electrons. The van der Waals surface area contributed by atoms with Crippen LogP contribution in [0.1, 0.15) is 25.0 Å². The first kappa shape index (κ1) is 27.0. The largest absolute Gasteiger partial charge is 0.328 e. The molecular formula is C39H31N5O. The first-order valence-electron chi connectivity index (χ1n) is 15.1. The van der Waals surface area contributed by atoms with E-state index in [1.165, 1.54) is 22.3 Å². The quantitative estimate of drug-likeness (QED) is 0.210. The normalized spacial score (nSPS) is 13.2. The van der Waals surface area contributed by atoms with E-state index in [4.69, 9.17) is 15.0 Å². The summed E-state index contributed by atoms with van der Waals surface area (Å²) in [5.74, 6) is 1.88. The van der Waals surface area contributed by atoms with E-state index in [0.717, 1.165) is 38.9 Å². The van der Waals surface area contributed by atoms with Crippen LogP contribution in [0.4, 0.5) is 0 Å². The van der Waals surface area contributed by atoms with Crippen molar-refractivity contribution in [3.8, 4) is 56.4 Å². The predicted molar refractivity (Wildman–Crippen MR) is 181 cm³/mol. The first-order chi connectivity index (χ1) is 21.8. The van der Waals surface area contributed by atoms with Crippen LogP contribution in [-0.4, -0.2) is 24.1 Å². The Kier molecular flexibility index (Phi) is 5.97. The summed E-state index contributed by atoms with van der Waals surface area (Å²) in [5.41, 5.74) is 11.6. The number of hydrogen-bond donors (Lipinski definition) is 0. The van der Waals surface area contributed by atoms with E-state index in [9.17, 15) is 4.79 Å². The lowest BCUT2D eigenvalue weighted by Gasteiger charge is -2.21. The molecule has 0 aliphatic heterocycles. The van der Waals surface area contributed by atoms with E-state index in [2.05, 4.69) is 74.5 Å². The average Bonchev–Trinajstić information content (AvgIpc) is 3.46. The van der Waals surface area contributed by atoms with E-state index in [1.807, 2.05) is 61.6 Å². The van der Waals surface area contributed by atoms with Crippen molar-refractivity contribution in [2.45, 2.75) is 19.3 Å². The molecule has 0 saturated carbocycles. The van der Waals surface area contributed by atoms with Crippen molar-refractivity contribution < 1.29 is 0 Å². The van der Waals surface area contributed by atoms with Gasteiger partial charge in [-0.3, -0.25) is 9.13 Å². The average molecular weight is 586 g/mol. The molecule has 0 radical (unpaired) electrons. The Morgan fingerprint density at radius 2 is 1.07 bits per heavy atom. The van der Waals surface area contributed by atoms with Crippen molar-refractivity contribution in [1.82, 2.24) is 24.1 Å². The van der Waals surface area contributed by atoms with Gasteiger partial charge in [0.15, 0.2) is 17.5 Å². The molecular weight excluding hydrogens is 554 g/mol. The molecule has 0 amide bonds. The van der Waals surface area contributed by atoms with Crippen molar-refractivity contribution in [3.05, 3.63) is 137 Å². The van der Waals surface area contributed by atoms with E-state index >= 15 is 0 Å². The standard InChI is InChI=1S/C39H31N5O/c1-39(2)31-15-9-8-13-29(31)30-22-21-27(23-32(30)39)37-41-35(25-11-6-5-7-12-25)40-36(42-37)26-19-17-24(18-20-26)28-14-10-16-33-34(28)44(4)38(45)43(33)3/h5-23H,1-4H3. The highest BCUT2D eigenvalue weighted by Crippen LogP contribution is 2.49. The number of nitrogens with zero attached hydrogens (tertiary/aromatic N) is 5. The number of aromatic nitrogens is 5. The van der Waals surface area contributed by atoms with Gasteiger partial charge in [-0.2, -0.15) is 0 Å². The molecule has 0 unspecified atom stereocenters. The highest BCUT2D eigenvalue weighted by Gasteiger charge is 2.35. The molecule has 0 saturated heterocycles. The Balaban J connectivity index is 1.25. The molecule has 2 heterocycles. The van der Waals surface area contributed by atoms with Crippen molar-refractivity contribution in [3.63, 3.8) is 0 Å². The summed E-state index contributed by atoms with van der Waals surface area (Å²) >= 11 is 0. The van der Waals surface area contributed by atoms with Gasteiger partial charge in [0, 0.05) is 41.8 Å². The zero-order valence-corrected chi connectivity index (χ0v) is 25.6. The van der Waals surface area contributed by atoms with Crippen molar-refractivity contribution in [1.29, 1.82) is 0 Å². The number of aryl methyl sites for hydroxylation is 2. The van der Waals surface area contributed by atoms with Crippen molar-refractivity contribution >= 4 is 11.0 Å². The molecule has 6 nitrogen and oxygen atoms in total. The minimum atomic E-state index is -0.124. The second kappa shape index (κ2) is 9.96. The molecule has 8 rings (SSSR count). The Morgan fingerprint density at radius 3 is 1.80 bits per heavy atom. The van der Waals surface area contributed by atoms with Crippen LogP contribution in [-0.2, 0) is 19.5 Å². The van der Waals surface area contributed by atoms with E-state index in [0.29, 0.717) is 17.5 Å². The Morgan fingerprint density at radius 1 is 0.511 bits per heavy atom. The number of fused-ring (bicyclic) bond motifs is 4. The Labute approximate surface area is 261 Å². The zero-order valence-electron chi connectivity index (χ0n) is 25.6. The fourth-order valence-corrected chi connectivity index (χ4v) is 6.80. The number of rotatable bonds is 4. The lowest BCUT2D eigenvalue weighted by atomic mass is 9.82. The molecule has 1 aliphatic rings. The molecule has 0 N–H and O–H groups in total. The van der Waals surface area contributed by atoms with Gasteiger partial charge in [-0.25, -0.2) is 19.7 Å². The number of imidazole rings is 1. The minimum absolute atomic E-state index is 0.0425. The van der Waals surface area contributed by atoms with Crippen LogP contribution < -0.4 is 5.69 Å². The molecule has 0 spiro atoms. The van der Waals surface area contributed by atoms with Gasteiger partial charge in [-0.15, -0.1) is 0 Å². The van der Waals surface area contributed by atoms with E-state index < -0.39 is 0 Å². The summed E-state index contributed by atoms with van der Waals surface area (Å²) in [5, 5.41) is 0. The molecule has 2 aromatic heterocycles. The molecule has 5 aromatic carbocycles. The topological polar surface area (TPSA) is 65.6 Å². The molecule has 0 fully saturated rings. The van der Waals surface area contributed by atoms with Gasteiger partial charge in [0.1, 0.15) is 0 Å². The second-order valence-corrected chi connectivity index (χ2v) is 12.3. The predicted octanol–water partition coefficient (Wildman–Crippen LogP) is 8.04. The third-order valence-electron chi connectivity index (χ3n) is 9.25. The first-order valence-corrected chi connectivity index (χ1v) is 15.1. The van der Waals surface area contributed by atoms with Crippen LogP contribution in [0.2, 0.25) is 0 Å². The maximum absolute atomic E-state index is 12.7. The highest BCUT2D eigenvalue weighted by molar-refractivity contribution is 5.93. The monoisotopic (exact) mass is 585 g/mol. The van der Waals surface area contributed by atoms with Gasteiger partial charge in [0.2, 0.25) is 0 Å². The minimum Gasteiger partial charge on any atom is -0.295 e. The van der Waals surface area contributed by atoms with Crippen LogP contribution in [0, 0.1) is 0 Å². The van der Waals surface area contributed by atoms with Crippen LogP contribution in [0.25, 0.3) is 67.5 Å². The van der Waals surface area contributed by atoms with E-state index in [-0.39, 0.29) is 11.1 Å². The maximum atomic E-state index is 12.7. The number of benzene rings is 5. The number of hydrogen-bond acceptors (Lipinski definition) is 4. The van der Waals surface area contributed by atoms with Crippen molar-refractivity contribution in [2.75, 3.05) is 0 Å². The SMILES string of the molecule is Cn1c(=O)n(C)c2c(-c3ccc(-c4nc(-c5ccccc5)nc(-c5ccc6c(c5)C(C)(C)c5ccccc5-6)n4)cc3)cccc21. The number of para-hydroxylation sites is 1. The summed E-state index contributed by atoms with van der Waals surface area (Å²) in [6, 6.07) is 39.5. The Bertz CT molecular complexity index is 2330. The molecule has 1 aliphatic carbocycles. The molecule has 6 heteroatoms. The van der Waals surface area contributed by atoms with Gasteiger partial charge in [0.25, 0.3) is 0 Å². The third-order valence-corrected chi connectivity index (χ3v) is 9.25. The third kappa shape index (κ3) is 4.17. The fourth-order valence-electron chi connectivity index (χ4n) is 6.80. The molecule has 0 bridgehead atoms. The summed E-state index contributed by atoms with van der Waals surface area (Å²) in [6.45, 7) is 4.57. The summed E-state index contributed by atoms with van der Waals surface area (Å²) in [7, 11) is 3.62. The second-order valence-electron chi connectivity index (χ2n) is 12.3.